The fraction of sp³-hybridized carbons (Fsp3) is 0.263. The Hall–Kier alpha value is -3.02. The van der Waals surface area contributed by atoms with Crippen LogP contribution in [0.15, 0.2) is 48.5 Å². The van der Waals surface area contributed by atoms with Gasteiger partial charge in [0.2, 0.25) is 11.8 Å². The van der Waals surface area contributed by atoms with Crippen LogP contribution in [0.2, 0.25) is 0 Å². The summed E-state index contributed by atoms with van der Waals surface area (Å²) in [6.07, 6.45) is 0.701. The second kappa shape index (κ2) is 8.73. The van der Waals surface area contributed by atoms with Crippen molar-refractivity contribution in [2.75, 3.05) is 14.2 Å². The second-order valence-corrected chi connectivity index (χ2v) is 5.53. The third-order valence-electron chi connectivity index (χ3n) is 3.77. The van der Waals surface area contributed by atoms with Crippen LogP contribution in [0.3, 0.4) is 0 Å². The van der Waals surface area contributed by atoms with Crippen molar-refractivity contribution in [2.45, 2.75) is 18.9 Å². The van der Waals surface area contributed by atoms with Gasteiger partial charge >= 0.3 is 0 Å². The molecule has 0 aliphatic carbocycles. The van der Waals surface area contributed by atoms with Crippen molar-refractivity contribution in [1.82, 2.24) is 5.32 Å². The molecule has 0 saturated heterocycles. The van der Waals surface area contributed by atoms with Crippen LogP contribution in [0.5, 0.6) is 11.5 Å². The maximum absolute atomic E-state index is 12.2. The topological polar surface area (TPSA) is 90.6 Å². The molecule has 0 fully saturated rings. The quantitative estimate of drug-likeness (QED) is 0.767. The molecule has 25 heavy (non-hydrogen) atoms. The molecule has 2 aromatic rings. The molecule has 0 saturated carbocycles. The fourth-order valence-electron chi connectivity index (χ4n) is 2.47. The van der Waals surface area contributed by atoms with Gasteiger partial charge in [0.15, 0.2) is 0 Å². The van der Waals surface area contributed by atoms with E-state index in [1.54, 1.807) is 44.6 Å². The molecule has 3 N–H and O–H groups in total. The third-order valence-corrected chi connectivity index (χ3v) is 3.77. The van der Waals surface area contributed by atoms with Gasteiger partial charge in [-0.3, -0.25) is 9.59 Å². The predicted molar refractivity (Wildman–Crippen MR) is 94.4 cm³/mol. The van der Waals surface area contributed by atoms with Crippen LogP contribution < -0.4 is 20.5 Å². The van der Waals surface area contributed by atoms with Gasteiger partial charge in [0, 0.05) is 12.5 Å². The van der Waals surface area contributed by atoms with E-state index in [1.807, 2.05) is 18.2 Å². The Morgan fingerprint density at radius 1 is 1.04 bits per heavy atom. The first-order valence-corrected chi connectivity index (χ1v) is 7.89. The predicted octanol–water partition coefficient (Wildman–Crippen LogP) is 1.98. The Kier molecular flexibility index (Phi) is 6.39. The van der Waals surface area contributed by atoms with Gasteiger partial charge in [-0.15, -0.1) is 0 Å². The third kappa shape index (κ3) is 5.24. The molecule has 0 radical (unpaired) electrons. The van der Waals surface area contributed by atoms with Gasteiger partial charge in [-0.1, -0.05) is 30.3 Å². The van der Waals surface area contributed by atoms with Crippen molar-refractivity contribution in [2.24, 2.45) is 5.73 Å². The monoisotopic (exact) mass is 342 g/mol. The number of benzene rings is 2. The number of hydrogen-bond acceptors (Lipinski definition) is 4. The number of primary amides is 1. The number of aryl methyl sites for hydroxylation is 1. The Labute approximate surface area is 146 Å². The molecule has 2 rings (SSSR count). The molecule has 2 aromatic carbocycles. The maximum Gasteiger partial charge on any atom is 0.244 e. The van der Waals surface area contributed by atoms with E-state index in [2.05, 4.69) is 5.32 Å². The molecule has 0 aliphatic rings. The van der Waals surface area contributed by atoms with Crippen LogP contribution in [0.4, 0.5) is 0 Å². The number of nitrogens with two attached hydrogens (primary N) is 1. The molecular formula is C19H22N2O4. The Balaban J connectivity index is 2.01. The van der Waals surface area contributed by atoms with Gasteiger partial charge in [0.25, 0.3) is 0 Å². The average Bonchev–Trinajstić information content (AvgIpc) is 2.64. The zero-order valence-electron chi connectivity index (χ0n) is 14.3. The van der Waals surface area contributed by atoms with Crippen molar-refractivity contribution in [3.8, 4) is 11.5 Å². The number of carbonyl (C=O) groups is 2. The molecule has 0 aliphatic heterocycles. The summed E-state index contributed by atoms with van der Waals surface area (Å²) in [5.41, 5.74) is 6.98. The number of carbonyl (C=O) groups excluding carboxylic acids is 2. The van der Waals surface area contributed by atoms with E-state index in [1.165, 1.54) is 0 Å². The largest absolute Gasteiger partial charge is 0.497 e. The Bertz CT molecular complexity index is 709. The summed E-state index contributed by atoms with van der Waals surface area (Å²) >= 11 is 0. The van der Waals surface area contributed by atoms with Crippen LogP contribution in [0.1, 0.15) is 23.6 Å². The lowest BCUT2D eigenvalue weighted by Crippen LogP contribution is -2.37. The van der Waals surface area contributed by atoms with E-state index in [-0.39, 0.29) is 12.3 Å². The van der Waals surface area contributed by atoms with Crippen LogP contribution >= 0.6 is 0 Å². The van der Waals surface area contributed by atoms with Crippen molar-refractivity contribution in [3.63, 3.8) is 0 Å². The molecule has 0 heterocycles. The van der Waals surface area contributed by atoms with E-state index in [0.717, 1.165) is 5.56 Å². The highest BCUT2D eigenvalue weighted by Gasteiger charge is 2.19. The van der Waals surface area contributed by atoms with E-state index < -0.39 is 11.9 Å². The second-order valence-electron chi connectivity index (χ2n) is 5.53. The summed E-state index contributed by atoms with van der Waals surface area (Å²) in [5, 5.41) is 2.68. The summed E-state index contributed by atoms with van der Waals surface area (Å²) < 4.78 is 10.4. The van der Waals surface area contributed by atoms with Crippen LogP contribution in [0.25, 0.3) is 0 Å². The molecule has 6 heteroatoms. The van der Waals surface area contributed by atoms with Crippen LogP contribution in [-0.2, 0) is 16.0 Å². The van der Waals surface area contributed by atoms with Crippen molar-refractivity contribution >= 4 is 11.8 Å². The van der Waals surface area contributed by atoms with E-state index >= 15 is 0 Å². The first-order valence-electron chi connectivity index (χ1n) is 7.89. The number of amides is 2. The van der Waals surface area contributed by atoms with Crippen molar-refractivity contribution < 1.29 is 19.1 Å². The summed E-state index contributed by atoms with van der Waals surface area (Å²) in [4.78, 5) is 23.9. The van der Waals surface area contributed by atoms with Crippen LogP contribution in [-0.4, -0.2) is 26.0 Å². The number of hydrogen-bond donors (Lipinski definition) is 2. The van der Waals surface area contributed by atoms with Gasteiger partial charge in [-0.2, -0.15) is 0 Å². The molecule has 2 amide bonds. The first kappa shape index (κ1) is 18.3. The minimum Gasteiger partial charge on any atom is -0.497 e. The maximum atomic E-state index is 12.2. The lowest BCUT2D eigenvalue weighted by atomic mass is 10.1. The standard InChI is InChI=1S/C19H22N2O4/c1-24-15-10-13(11-16(12-15)25-2)8-9-17(22)21-18(19(20)23)14-6-4-3-5-7-14/h3-7,10-12,18H,8-9H2,1-2H3,(H2,20,23)(H,21,22)/t18-/m0/s1. The lowest BCUT2D eigenvalue weighted by Gasteiger charge is -2.16. The van der Waals surface area contributed by atoms with Gasteiger partial charge in [-0.25, -0.2) is 0 Å². The number of ether oxygens (including phenoxy) is 2. The molecule has 1 atom stereocenters. The highest BCUT2D eigenvalue weighted by molar-refractivity contribution is 5.87. The molecule has 0 unspecified atom stereocenters. The number of rotatable bonds is 8. The van der Waals surface area contributed by atoms with Crippen molar-refractivity contribution in [3.05, 3.63) is 59.7 Å². The number of nitrogens with one attached hydrogen (secondary N) is 1. The fourth-order valence-corrected chi connectivity index (χ4v) is 2.47. The van der Waals surface area contributed by atoms with Gasteiger partial charge in [0.1, 0.15) is 17.5 Å². The van der Waals surface area contributed by atoms with Gasteiger partial charge < -0.3 is 20.5 Å². The molecule has 0 bridgehead atoms. The highest BCUT2D eigenvalue weighted by atomic mass is 16.5. The minimum absolute atomic E-state index is 0.215. The van der Waals surface area contributed by atoms with Crippen molar-refractivity contribution in [1.29, 1.82) is 0 Å². The summed E-state index contributed by atoms with van der Waals surface area (Å²) in [6.45, 7) is 0. The van der Waals surface area contributed by atoms with Crippen LogP contribution in [0, 0.1) is 0 Å². The molecule has 132 valence electrons. The summed E-state index contributed by atoms with van der Waals surface area (Å²) in [6, 6.07) is 13.5. The summed E-state index contributed by atoms with van der Waals surface area (Å²) in [7, 11) is 3.14. The Morgan fingerprint density at radius 3 is 2.16 bits per heavy atom. The van der Waals surface area contributed by atoms with E-state index in [9.17, 15) is 9.59 Å². The summed E-state index contributed by atoms with van der Waals surface area (Å²) in [5.74, 6) is 0.472. The van der Waals surface area contributed by atoms with E-state index in [4.69, 9.17) is 15.2 Å². The molecule has 0 spiro atoms. The molecular weight excluding hydrogens is 320 g/mol. The number of methoxy groups -OCH3 is 2. The molecule has 0 aromatic heterocycles. The zero-order chi connectivity index (χ0) is 18.2. The lowest BCUT2D eigenvalue weighted by molar-refractivity contribution is -0.127. The first-order chi connectivity index (χ1) is 12.0. The highest BCUT2D eigenvalue weighted by Crippen LogP contribution is 2.23. The molecule has 6 nitrogen and oxygen atoms in total. The average molecular weight is 342 g/mol. The smallest absolute Gasteiger partial charge is 0.244 e. The van der Waals surface area contributed by atoms with Gasteiger partial charge in [-0.05, 0) is 29.7 Å². The minimum atomic E-state index is -0.839. The Morgan fingerprint density at radius 2 is 1.64 bits per heavy atom. The van der Waals surface area contributed by atoms with E-state index in [0.29, 0.717) is 23.5 Å². The zero-order valence-corrected chi connectivity index (χ0v) is 14.3. The SMILES string of the molecule is COc1cc(CCC(=O)N[C@H](C(N)=O)c2ccccc2)cc(OC)c1. The normalized spacial score (nSPS) is 11.4. The van der Waals surface area contributed by atoms with Gasteiger partial charge in [0.05, 0.1) is 14.2 Å².